The third-order valence-corrected chi connectivity index (χ3v) is 1.77. The maximum atomic E-state index is 12.7. The molecule has 1 amide bonds. The first-order chi connectivity index (χ1) is 6.37. The normalized spacial score (nSPS) is 27.4. The van der Waals surface area contributed by atoms with Gasteiger partial charge in [-0.05, 0) is 20.8 Å². The number of hydrogen-bond donors (Lipinski definition) is 2. The molecule has 5 heteroatoms. The largest absolute Gasteiger partial charge is 0.444 e. The third-order valence-electron chi connectivity index (χ3n) is 1.77. The highest BCUT2D eigenvalue weighted by atomic mass is 19.1. The van der Waals surface area contributed by atoms with E-state index in [2.05, 4.69) is 10.6 Å². The van der Waals surface area contributed by atoms with Gasteiger partial charge in [0.2, 0.25) is 0 Å². The van der Waals surface area contributed by atoms with Crippen molar-refractivity contribution in [2.75, 3.05) is 6.54 Å². The molecule has 0 aliphatic carbocycles. The Morgan fingerprint density at radius 1 is 1.57 bits per heavy atom. The van der Waals surface area contributed by atoms with E-state index in [1.165, 1.54) is 0 Å². The molecule has 82 valence electrons. The first-order valence-corrected chi connectivity index (χ1v) is 4.74. The van der Waals surface area contributed by atoms with Crippen LogP contribution in [0.5, 0.6) is 0 Å². The molecule has 0 saturated carbocycles. The molecule has 0 aromatic heterocycles. The average molecular weight is 204 g/mol. The lowest BCUT2D eigenvalue weighted by Crippen LogP contribution is -2.43. The fourth-order valence-electron chi connectivity index (χ4n) is 1.25. The number of hydrogen-bond acceptors (Lipinski definition) is 3. The first kappa shape index (κ1) is 11.2. The third kappa shape index (κ3) is 3.91. The van der Waals surface area contributed by atoms with Gasteiger partial charge in [0.25, 0.3) is 0 Å². The number of ether oxygens (including phenoxy) is 1. The Kier molecular flexibility index (Phi) is 3.31. The Balaban J connectivity index is 2.27. The molecule has 0 spiro atoms. The summed E-state index contributed by atoms with van der Waals surface area (Å²) in [5.74, 6) is 0. The summed E-state index contributed by atoms with van der Waals surface area (Å²) in [7, 11) is 0. The van der Waals surface area contributed by atoms with Gasteiger partial charge in [-0.2, -0.15) is 0 Å². The number of alkyl halides is 1. The van der Waals surface area contributed by atoms with Gasteiger partial charge in [0.15, 0.2) is 0 Å². The van der Waals surface area contributed by atoms with E-state index in [-0.39, 0.29) is 6.17 Å². The molecular formula is C9H17FN2O2. The monoisotopic (exact) mass is 204 g/mol. The molecule has 0 radical (unpaired) electrons. The molecule has 0 unspecified atom stereocenters. The Morgan fingerprint density at radius 3 is 2.64 bits per heavy atom. The molecule has 14 heavy (non-hydrogen) atoms. The molecule has 1 saturated heterocycles. The number of carbonyl (C=O) groups is 1. The van der Waals surface area contributed by atoms with Crippen LogP contribution in [0, 0.1) is 0 Å². The Bertz CT molecular complexity index is 215. The van der Waals surface area contributed by atoms with Crippen LogP contribution in [0.15, 0.2) is 0 Å². The predicted octanol–water partition coefficient (Wildman–Crippen LogP) is 1.17. The molecule has 0 bridgehead atoms. The second kappa shape index (κ2) is 4.13. The van der Waals surface area contributed by atoms with Crippen LogP contribution in [0.4, 0.5) is 9.18 Å². The van der Waals surface area contributed by atoms with Gasteiger partial charge < -0.3 is 10.1 Å². The van der Waals surface area contributed by atoms with Crippen molar-refractivity contribution >= 4 is 6.09 Å². The van der Waals surface area contributed by atoms with Crippen molar-refractivity contribution in [2.45, 2.75) is 45.1 Å². The van der Waals surface area contributed by atoms with E-state index >= 15 is 0 Å². The molecule has 2 N–H and O–H groups in total. The standard InChI is InChI=1S/C9H17FN2O2/c1-9(2,3)14-8(13)12-7-4-6(10)5-11-7/h6-7,11H,4-5H2,1-3H3,(H,12,13)/t6-,7+/m0/s1. The quantitative estimate of drug-likeness (QED) is 0.674. The van der Waals surface area contributed by atoms with Gasteiger partial charge in [0, 0.05) is 13.0 Å². The van der Waals surface area contributed by atoms with Gasteiger partial charge in [0.05, 0.1) is 6.17 Å². The highest BCUT2D eigenvalue weighted by Crippen LogP contribution is 2.10. The number of alkyl carbamates (subject to hydrolysis) is 1. The van der Waals surface area contributed by atoms with E-state index in [9.17, 15) is 9.18 Å². The lowest BCUT2D eigenvalue weighted by Gasteiger charge is -2.21. The van der Waals surface area contributed by atoms with E-state index < -0.39 is 17.9 Å². The van der Waals surface area contributed by atoms with E-state index in [0.717, 1.165) is 0 Å². The fraction of sp³-hybridized carbons (Fsp3) is 0.889. The Hall–Kier alpha value is -0.840. The van der Waals surface area contributed by atoms with Crippen LogP contribution in [0.2, 0.25) is 0 Å². The highest BCUT2D eigenvalue weighted by Gasteiger charge is 2.26. The molecule has 1 aliphatic rings. The van der Waals surface area contributed by atoms with Crippen LogP contribution in [0.25, 0.3) is 0 Å². The van der Waals surface area contributed by atoms with Gasteiger partial charge in [-0.25, -0.2) is 9.18 Å². The second-order valence-electron chi connectivity index (χ2n) is 4.44. The number of carbonyl (C=O) groups excluding carboxylic acids is 1. The molecule has 1 aliphatic heterocycles. The molecule has 0 aromatic rings. The number of halogens is 1. The van der Waals surface area contributed by atoms with Crippen LogP contribution >= 0.6 is 0 Å². The molecule has 4 nitrogen and oxygen atoms in total. The van der Waals surface area contributed by atoms with Gasteiger partial charge in [0.1, 0.15) is 11.8 Å². The summed E-state index contributed by atoms with van der Waals surface area (Å²) in [4.78, 5) is 11.2. The summed E-state index contributed by atoms with van der Waals surface area (Å²) < 4.78 is 17.7. The molecule has 0 aromatic carbocycles. The maximum Gasteiger partial charge on any atom is 0.408 e. The molecule has 1 heterocycles. The predicted molar refractivity (Wildman–Crippen MR) is 50.7 cm³/mol. The van der Waals surface area contributed by atoms with Crippen molar-refractivity contribution in [3.05, 3.63) is 0 Å². The minimum Gasteiger partial charge on any atom is -0.444 e. The number of amides is 1. The SMILES string of the molecule is CC(C)(C)OC(=O)N[C@@H]1C[C@H](F)CN1. The Labute approximate surface area is 83.2 Å². The minimum absolute atomic E-state index is 0.292. The smallest absolute Gasteiger partial charge is 0.408 e. The van der Waals surface area contributed by atoms with Crippen molar-refractivity contribution in [3.8, 4) is 0 Å². The molecule has 2 atom stereocenters. The second-order valence-corrected chi connectivity index (χ2v) is 4.44. The summed E-state index contributed by atoms with van der Waals surface area (Å²) in [5, 5.41) is 5.39. The van der Waals surface area contributed by atoms with Crippen molar-refractivity contribution < 1.29 is 13.9 Å². The zero-order chi connectivity index (χ0) is 10.8. The fourth-order valence-corrected chi connectivity index (χ4v) is 1.25. The summed E-state index contributed by atoms with van der Waals surface area (Å²) >= 11 is 0. The lowest BCUT2D eigenvalue weighted by atomic mass is 10.2. The zero-order valence-corrected chi connectivity index (χ0v) is 8.76. The van der Waals surface area contributed by atoms with E-state index in [4.69, 9.17) is 4.74 Å². The van der Waals surface area contributed by atoms with Crippen LogP contribution in [0.1, 0.15) is 27.2 Å². The number of rotatable bonds is 1. The van der Waals surface area contributed by atoms with Crippen LogP contribution in [-0.4, -0.2) is 30.6 Å². The average Bonchev–Trinajstić information content (AvgIpc) is 2.30. The summed E-state index contributed by atoms with van der Waals surface area (Å²) in [6.07, 6.45) is -1.39. The van der Waals surface area contributed by atoms with Gasteiger partial charge in [-0.1, -0.05) is 0 Å². The van der Waals surface area contributed by atoms with Crippen molar-refractivity contribution in [1.82, 2.24) is 10.6 Å². The van der Waals surface area contributed by atoms with Crippen molar-refractivity contribution in [1.29, 1.82) is 0 Å². The summed E-state index contributed by atoms with van der Waals surface area (Å²) in [5.41, 5.74) is -0.516. The highest BCUT2D eigenvalue weighted by molar-refractivity contribution is 5.68. The van der Waals surface area contributed by atoms with Crippen LogP contribution in [0.3, 0.4) is 0 Å². The van der Waals surface area contributed by atoms with Gasteiger partial charge >= 0.3 is 6.09 Å². The minimum atomic E-state index is -0.880. The summed E-state index contributed by atoms with van der Waals surface area (Å²) in [6.45, 7) is 5.65. The van der Waals surface area contributed by atoms with Gasteiger partial charge in [-0.3, -0.25) is 5.32 Å². The van der Waals surface area contributed by atoms with Gasteiger partial charge in [-0.15, -0.1) is 0 Å². The number of nitrogens with one attached hydrogen (secondary N) is 2. The maximum absolute atomic E-state index is 12.7. The first-order valence-electron chi connectivity index (χ1n) is 4.74. The van der Waals surface area contributed by atoms with E-state index in [1.807, 2.05) is 0 Å². The van der Waals surface area contributed by atoms with Crippen molar-refractivity contribution in [3.63, 3.8) is 0 Å². The van der Waals surface area contributed by atoms with Crippen molar-refractivity contribution in [2.24, 2.45) is 0 Å². The molecule has 1 rings (SSSR count). The summed E-state index contributed by atoms with van der Waals surface area (Å²) in [6, 6.07) is 0. The van der Waals surface area contributed by atoms with Crippen LogP contribution in [-0.2, 0) is 4.74 Å². The Morgan fingerprint density at radius 2 is 2.21 bits per heavy atom. The van der Waals surface area contributed by atoms with Crippen LogP contribution < -0.4 is 10.6 Å². The zero-order valence-electron chi connectivity index (χ0n) is 8.76. The van der Waals surface area contributed by atoms with E-state index in [1.54, 1.807) is 20.8 Å². The lowest BCUT2D eigenvalue weighted by molar-refractivity contribution is 0.0499. The molecular weight excluding hydrogens is 187 g/mol. The van der Waals surface area contributed by atoms with E-state index in [0.29, 0.717) is 13.0 Å². The topological polar surface area (TPSA) is 50.4 Å². The molecule has 1 fully saturated rings.